The van der Waals surface area contributed by atoms with Gasteiger partial charge in [0.2, 0.25) is 0 Å². The van der Waals surface area contributed by atoms with E-state index >= 15 is 0 Å². The maximum absolute atomic E-state index is 11.7. The number of nitro groups is 1. The first-order chi connectivity index (χ1) is 8.66. The Bertz CT molecular complexity index is 584. The summed E-state index contributed by atoms with van der Waals surface area (Å²) in [6.45, 7) is 0. The topological polar surface area (TPSA) is 82.3 Å². The SMILES string of the molecule is O=C(Oc1ccncc1)c1cccc([N+](=O)[O-])c1. The number of benzene rings is 1. The maximum Gasteiger partial charge on any atom is 0.343 e. The lowest BCUT2D eigenvalue weighted by Gasteiger charge is -2.03. The Morgan fingerprint density at radius 2 is 1.94 bits per heavy atom. The van der Waals surface area contributed by atoms with Crippen molar-refractivity contribution < 1.29 is 14.5 Å². The molecule has 0 N–H and O–H groups in total. The van der Waals surface area contributed by atoms with Crippen molar-refractivity contribution in [3.63, 3.8) is 0 Å². The molecule has 1 aromatic heterocycles. The van der Waals surface area contributed by atoms with Crippen LogP contribution < -0.4 is 4.74 Å². The molecule has 0 atom stereocenters. The molecule has 1 aromatic carbocycles. The lowest BCUT2D eigenvalue weighted by Crippen LogP contribution is -2.08. The van der Waals surface area contributed by atoms with Gasteiger partial charge in [-0.2, -0.15) is 0 Å². The summed E-state index contributed by atoms with van der Waals surface area (Å²) < 4.78 is 5.03. The molecule has 90 valence electrons. The fourth-order valence-corrected chi connectivity index (χ4v) is 1.32. The molecule has 0 bridgehead atoms. The standard InChI is InChI=1S/C12H8N2O4/c15-12(18-11-4-6-13-7-5-11)9-2-1-3-10(8-9)14(16)17/h1-8H. The largest absolute Gasteiger partial charge is 0.423 e. The van der Waals surface area contributed by atoms with Gasteiger partial charge in [-0.3, -0.25) is 15.1 Å². The minimum Gasteiger partial charge on any atom is -0.423 e. The minimum absolute atomic E-state index is 0.126. The summed E-state index contributed by atoms with van der Waals surface area (Å²) >= 11 is 0. The molecule has 6 nitrogen and oxygen atoms in total. The predicted octanol–water partition coefficient (Wildman–Crippen LogP) is 2.21. The number of pyridine rings is 1. The molecule has 1 heterocycles. The second kappa shape index (κ2) is 5.05. The highest BCUT2D eigenvalue weighted by molar-refractivity contribution is 5.91. The summed E-state index contributed by atoms with van der Waals surface area (Å²) in [6, 6.07) is 8.41. The molecule has 0 radical (unpaired) electrons. The molecule has 2 aromatic rings. The number of carbonyl (C=O) groups excluding carboxylic acids is 1. The van der Waals surface area contributed by atoms with Crippen molar-refractivity contribution in [3.8, 4) is 5.75 Å². The van der Waals surface area contributed by atoms with Crippen LogP contribution in [0.2, 0.25) is 0 Å². The molecule has 0 spiro atoms. The number of nitrogens with zero attached hydrogens (tertiary/aromatic N) is 2. The highest BCUT2D eigenvalue weighted by Crippen LogP contribution is 2.15. The van der Waals surface area contributed by atoms with Crippen LogP contribution in [0.1, 0.15) is 10.4 Å². The fraction of sp³-hybridized carbons (Fsp3) is 0. The molecular weight excluding hydrogens is 236 g/mol. The Morgan fingerprint density at radius 3 is 2.61 bits per heavy atom. The van der Waals surface area contributed by atoms with E-state index < -0.39 is 10.9 Å². The third-order valence-corrected chi connectivity index (χ3v) is 2.15. The van der Waals surface area contributed by atoms with E-state index in [1.165, 1.54) is 48.8 Å². The Kier molecular flexibility index (Phi) is 3.29. The van der Waals surface area contributed by atoms with Crippen LogP contribution in [-0.4, -0.2) is 15.9 Å². The number of non-ortho nitro benzene ring substituents is 1. The molecule has 0 saturated heterocycles. The Balaban J connectivity index is 2.19. The Labute approximate surface area is 102 Å². The van der Waals surface area contributed by atoms with Crippen molar-refractivity contribution >= 4 is 11.7 Å². The van der Waals surface area contributed by atoms with Crippen LogP contribution in [0.5, 0.6) is 5.75 Å². The average Bonchev–Trinajstić information content (AvgIpc) is 2.40. The molecule has 0 amide bonds. The van der Waals surface area contributed by atoms with E-state index in [0.717, 1.165) is 0 Å². The first-order valence-electron chi connectivity index (χ1n) is 5.03. The zero-order valence-electron chi connectivity index (χ0n) is 9.15. The Hall–Kier alpha value is -2.76. The van der Waals surface area contributed by atoms with Gasteiger partial charge < -0.3 is 4.74 Å². The van der Waals surface area contributed by atoms with Gasteiger partial charge in [-0.25, -0.2) is 4.79 Å². The van der Waals surface area contributed by atoms with Crippen LogP contribution in [-0.2, 0) is 0 Å². The molecule has 0 aliphatic rings. The van der Waals surface area contributed by atoms with E-state index in [1.807, 2.05) is 0 Å². The monoisotopic (exact) mass is 244 g/mol. The van der Waals surface area contributed by atoms with Gasteiger partial charge in [-0.1, -0.05) is 6.07 Å². The summed E-state index contributed by atoms with van der Waals surface area (Å²) in [5.74, 6) is -0.314. The summed E-state index contributed by atoms with van der Waals surface area (Å²) in [5.41, 5.74) is -0.0276. The van der Waals surface area contributed by atoms with E-state index in [9.17, 15) is 14.9 Å². The van der Waals surface area contributed by atoms with Crippen LogP contribution in [0.4, 0.5) is 5.69 Å². The quantitative estimate of drug-likeness (QED) is 0.469. The molecule has 0 aliphatic carbocycles. The van der Waals surface area contributed by atoms with E-state index in [-0.39, 0.29) is 11.3 Å². The smallest absolute Gasteiger partial charge is 0.343 e. The van der Waals surface area contributed by atoms with E-state index in [1.54, 1.807) is 0 Å². The second-order valence-electron chi connectivity index (χ2n) is 3.38. The summed E-state index contributed by atoms with van der Waals surface area (Å²) in [6.07, 6.45) is 2.96. The Morgan fingerprint density at radius 1 is 1.22 bits per heavy atom. The second-order valence-corrected chi connectivity index (χ2v) is 3.38. The molecule has 18 heavy (non-hydrogen) atoms. The van der Waals surface area contributed by atoms with Crippen LogP contribution in [0.15, 0.2) is 48.8 Å². The van der Waals surface area contributed by atoms with Gasteiger partial charge in [-0.05, 0) is 18.2 Å². The first-order valence-corrected chi connectivity index (χ1v) is 5.03. The van der Waals surface area contributed by atoms with Crippen LogP contribution in [0.25, 0.3) is 0 Å². The van der Waals surface area contributed by atoms with Gasteiger partial charge in [0, 0.05) is 24.5 Å². The van der Waals surface area contributed by atoms with E-state index in [4.69, 9.17) is 4.74 Å². The van der Waals surface area contributed by atoms with Gasteiger partial charge in [-0.15, -0.1) is 0 Å². The zero-order chi connectivity index (χ0) is 13.0. The normalized spacial score (nSPS) is 9.78. The molecule has 0 saturated carbocycles. The number of rotatable bonds is 3. The fourth-order valence-electron chi connectivity index (χ4n) is 1.32. The van der Waals surface area contributed by atoms with Crippen molar-refractivity contribution in [1.82, 2.24) is 4.98 Å². The van der Waals surface area contributed by atoms with E-state index in [0.29, 0.717) is 5.75 Å². The number of hydrogen-bond acceptors (Lipinski definition) is 5. The molecule has 0 unspecified atom stereocenters. The molecule has 2 rings (SSSR count). The third kappa shape index (κ3) is 2.67. The summed E-state index contributed by atoms with van der Waals surface area (Å²) in [4.78, 5) is 25.5. The molecule has 6 heteroatoms. The number of esters is 1. The van der Waals surface area contributed by atoms with Crippen molar-refractivity contribution in [3.05, 3.63) is 64.5 Å². The van der Waals surface area contributed by atoms with Crippen molar-refractivity contribution in [2.45, 2.75) is 0 Å². The van der Waals surface area contributed by atoms with Crippen LogP contribution in [0.3, 0.4) is 0 Å². The van der Waals surface area contributed by atoms with Crippen LogP contribution in [0, 0.1) is 10.1 Å². The van der Waals surface area contributed by atoms with Gasteiger partial charge in [0.25, 0.3) is 5.69 Å². The number of ether oxygens (including phenoxy) is 1. The van der Waals surface area contributed by atoms with Crippen LogP contribution >= 0.6 is 0 Å². The first kappa shape index (κ1) is 11.7. The maximum atomic E-state index is 11.7. The molecular formula is C12H8N2O4. The number of nitro benzene ring substituents is 1. The van der Waals surface area contributed by atoms with Gasteiger partial charge in [0.15, 0.2) is 0 Å². The summed E-state index contributed by atoms with van der Waals surface area (Å²) in [5, 5.41) is 10.6. The van der Waals surface area contributed by atoms with Crippen molar-refractivity contribution in [2.24, 2.45) is 0 Å². The van der Waals surface area contributed by atoms with Crippen molar-refractivity contribution in [1.29, 1.82) is 0 Å². The van der Waals surface area contributed by atoms with Gasteiger partial charge >= 0.3 is 5.97 Å². The zero-order valence-corrected chi connectivity index (χ0v) is 9.15. The highest BCUT2D eigenvalue weighted by Gasteiger charge is 2.13. The predicted molar refractivity (Wildman–Crippen MR) is 62.3 cm³/mol. The average molecular weight is 244 g/mol. The molecule has 0 aliphatic heterocycles. The lowest BCUT2D eigenvalue weighted by atomic mass is 10.2. The molecule has 0 fully saturated rings. The third-order valence-electron chi connectivity index (χ3n) is 2.15. The minimum atomic E-state index is -0.648. The van der Waals surface area contributed by atoms with Gasteiger partial charge in [0.1, 0.15) is 5.75 Å². The van der Waals surface area contributed by atoms with Gasteiger partial charge in [0.05, 0.1) is 10.5 Å². The number of hydrogen-bond donors (Lipinski definition) is 0. The lowest BCUT2D eigenvalue weighted by molar-refractivity contribution is -0.384. The highest BCUT2D eigenvalue weighted by atomic mass is 16.6. The van der Waals surface area contributed by atoms with E-state index in [2.05, 4.69) is 4.98 Å². The summed E-state index contributed by atoms with van der Waals surface area (Å²) in [7, 11) is 0. The number of carbonyl (C=O) groups is 1. The van der Waals surface area contributed by atoms with Crippen molar-refractivity contribution in [2.75, 3.05) is 0 Å². The number of aromatic nitrogens is 1.